The highest BCUT2D eigenvalue weighted by Gasteiger charge is 2.51. The fraction of sp³-hybridized carbons (Fsp3) is 0.0154. The minimum atomic E-state index is -0.453. The smallest absolute Gasteiger partial charge is 0.0725 e. The number of rotatable bonds is 10. The van der Waals surface area contributed by atoms with Crippen LogP contribution in [0.15, 0.2) is 255 Å². The van der Waals surface area contributed by atoms with Gasteiger partial charge in [0.25, 0.3) is 0 Å². The van der Waals surface area contributed by atoms with Crippen molar-refractivity contribution in [2.24, 2.45) is 0 Å². The van der Waals surface area contributed by atoms with Crippen LogP contribution in [0.4, 0.5) is 34.1 Å². The van der Waals surface area contributed by atoms with Crippen LogP contribution in [0, 0.1) is 0 Å². The van der Waals surface area contributed by atoms with Crippen LogP contribution in [-0.4, -0.2) is 0 Å². The molecule has 0 unspecified atom stereocenters. The highest BCUT2D eigenvalue weighted by atomic mass is 15.1. The van der Waals surface area contributed by atoms with Crippen molar-refractivity contribution in [3.63, 3.8) is 0 Å². The van der Waals surface area contributed by atoms with E-state index in [-0.39, 0.29) is 0 Å². The van der Waals surface area contributed by atoms with Gasteiger partial charge in [0.05, 0.1) is 5.41 Å². The first kappa shape index (κ1) is 39.8. The molecule has 316 valence electrons. The Morgan fingerprint density at radius 3 is 0.851 bits per heavy atom. The lowest BCUT2D eigenvalue weighted by molar-refractivity contribution is 0.793. The zero-order valence-electron chi connectivity index (χ0n) is 37.0. The summed E-state index contributed by atoms with van der Waals surface area (Å²) < 4.78 is 0. The molecule has 0 amide bonds. The Kier molecular flexibility index (Phi) is 10.1. The van der Waals surface area contributed by atoms with Gasteiger partial charge >= 0.3 is 0 Å². The molecule has 12 rings (SSSR count). The van der Waals surface area contributed by atoms with Gasteiger partial charge in [0.15, 0.2) is 0 Å². The molecule has 2 aliphatic rings. The molecule has 0 saturated carbocycles. The maximum Gasteiger partial charge on any atom is 0.0725 e. The lowest BCUT2D eigenvalue weighted by Gasteiger charge is -2.30. The van der Waals surface area contributed by atoms with E-state index in [0.717, 1.165) is 45.3 Å². The summed E-state index contributed by atoms with van der Waals surface area (Å²) in [6, 6.07) is 92.2. The Morgan fingerprint density at radius 1 is 0.224 bits per heavy atom. The van der Waals surface area contributed by atoms with E-state index in [2.05, 4.69) is 289 Å². The monoisotopic (exact) mass is 854 g/mol. The SMILES string of the molecule is C(=Cc1ccc2c(c1)C1(c3ccccc3-c3ccccc31)c1cc(C=Cc3ccc(N(c4ccccc4)c4ccccc4)cc3)ccc1-2)c1ccc(N(c2ccccc2)c2ccccc2)cc1. The van der Waals surface area contributed by atoms with Crippen molar-refractivity contribution >= 4 is 58.4 Å². The average molecular weight is 855 g/mol. The first-order valence-corrected chi connectivity index (χ1v) is 23.1. The van der Waals surface area contributed by atoms with Crippen LogP contribution >= 0.6 is 0 Å². The fourth-order valence-electron chi connectivity index (χ4n) is 10.4. The molecule has 1 spiro atoms. The molecular weight excluding hydrogens is 809 g/mol. The van der Waals surface area contributed by atoms with Crippen molar-refractivity contribution in [3.8, 4) is 22.3 Å². The van der Waals surface area contributed by atoms with Crippen molar-refractivity contribution in [1.29, 1.82) is 0 Å². The van der Waals surface area contributed by atoms with Gasteiger partial charge in [0.1, 0.15) is 0 Å². The van der Waals surface area contributed by atoms with Gasteiger partial charge in [0, 0.05) is 34.1 Å². The van der Waals surface area contributed by atoms with E-state index in [1.54, 1.807) is 0 Å². The Morgan fingerprint density at radius 2 is 0.493 bits per heavy atom. The van der Waals surface area contributed by atoms with Crippen LogP contribution in [0.25, 0.3) is 46.6 Å². The van der Waals surface area contributed by atoms with Crippen molar-refractivity contribution in [2.45, 2.75) is 5.41 Å². The molecule has 0 atom stereocenters. The molecule has 10 aromatic rings. The lowest BCUT2D eigenvalue weighted by Crippen LogP contribution is -2.26. The predicted molar refractivity (Wildman–Crippen MR) is 283 cm³/mol. The van der Waals surface area contributed by atoms with Crippen molar-refractivity contribution in [2.75, 3.05) is 9.80 Å². The normalized spacial score (nSPS) is 12.8. The third-order valence-corrected chi connectivity index (χ3v) is 13.4. The highest BCUT2D eigenvalue weighted by molar-refractivity contribution is 5.96. The molecule has 2 nitrogen and oxygen atoms in total. The number of hydrogen-bond donors (Lipinski definition) is 0. The van der Waals surface area contributed by atoms with Gasteiger partial charge in [-0.1, -0.05) is 194 Å². The Labute approximate surface area is 393 Å². The summed E-state index contributed by atoms with van der Waals surface area (Å²) in [7, 11) is 0. The van der Waals surface area contributed by atoms with Crippen LogP contribution in [0.5, 0.6) is 0 Å². The topological polar surface area (TPSA) is 6.48 Å². The quantitative estimate of drug-likeness (QED) is 0.126. The summed E-state index contributed by atoms with van der Waals surface area (Å²) in [6.07, 6.45) is 9.01. The minimum Gasteiger partial charge on any atom is -0.311 e. The first-order chi connectivity index (χ1) is 33.2. The van der Waals surface area contributed by atoms with Crippen molar-refractivity contribution < 1.29 is 0 Å². The maximum atomic E-state index is 2.44. The number of nitrogens with zero attached hydrogens (tertiary/aromatic N) is 2. The van der Waals surface area contributed by atoms with Gasteiger partial charge in [-0.05, 0) is 152 Å². The largest absolute Gasteiger partial charge is 0.311 e. The summed E-state index contributed by atoms with van der Waals surface area (Å²) in [6.45, 7) is 0. The highest BCUT2D eigenvalue weighted by Crippen LogP contribution is 2.63. The van der Waals surface area contributed by atoms with Gasteiger partial charge in [-0.3, -0.25) is 0 Å². The number of anilines is 6. The molecule has 2 aliphatic carbocycles. The second-order valence-electron chi connectivity index (χ2n) is 17.3. The first-order valence-electron chi connectivity index (χ1n) is 23.1. The van der Waals surface area contributed by atoms with Gasteiger partial charge in [-0.2, -0.15) is 0 Å². The van der Waals surface area contributed by atoms with Crippen LogP contribution < -0.4 is 9.80 Å². The molecule has 0 N–H and O–H groups in total. The zero-order chi connectivity index (χ0) is 44.6. The summed E-state index contributed by atoms with van der Waals surface area (Å²) >= 11 is 0. The van der Waals surface area contributed by atoms with Crippen molar-refractivity contribution in [1.82, 2.24) is 0 Å². The molecule has 67 heavy (non-hydrogen) atoms. The summed E-state index contributed by atoms with van der Waals surface area (Å²) in [5, 5.41) is 0. The molecule has 10 aromatic carbocycles. The summed E-state index contributed by atoms with van der Waals surface area (Å²) in [5.74, 6) is 0. The molecule has 0 aliphatic heterocycles. The standard InChI is InChI=1S/C65H46N2/c1-5-17-51(18-6-1)66(52-19-7-2-8-20-52)55-39-33-47(34-40-55)29-31-49-37-43-59-60-44-38-50(46-64(60)65(63(59)45-49)61-27-15-13-25-57(61)58-26-14-16-28-62(58)65)32-30-48-35-41-56(42-36-48)67(53-21-9-3-10-22-53)54-23-11-4-12-24-54/h1-46H. The zero-order valence-corrected chi connectivity index (χ0v) is 37.0. The van der Waals surface area contributed by atoms with E-state index in [4.69, 9.17) is 0 Å². The van der Waals surface area contributed by atoms with Crippen LogP contribution in [-0.2, 0) is 5.41 Å². The Balaban J connectivity index is 0.888. The Hall–Kier alpha value is -8.72. The lowest BCUT2D eigenvalue weighted by atomic mass is 9.70. The average Bonchev–Trinajstić information content (AvgIpc) is 3.86. The molecule has 0 radical (unpaired) electrons. The van der Waals surface area contributed by atoms with Crippen molar-refractivity contribution in [3.05, 3.63) is 299 Å². The Bertz CT molecular complexity index is 3120. The number of benzene rings is 10. The fourth-order valence-corrected chi connectivity index (χ4v) is 10.4. The summed E-state index contributed by atoms with van der Waals surface area (Å²) in [5.41, 5.74) is 21.5. The van der Waals surface area contributed by atoms with E-state index in [0.29, 0.717) is 0 Å². The number of para-hydroxylation sites is 4. The third-order valence-electron chi connectivity index (χ3n) is 13.4. The van der Waals surface area contributed by atoms with Gasteiger partial charge < -0.3 is 9.80 Å². The van der Waals surface area contributed by atoms with Gasteiger partial charge in [0.2, 0.25) is 0 Å². The number of hydrogen-bond acceptors (Lipinski definition) is 2. The van der Waals surface area contributed by atoms with E-state index in [1.807, 2.05) is 0 Å². The van der Waals surface area contributed by atoms with E-state index < -0.39 is 5.41 Å². The third kappa shape index (κ3) is 7.08. The molecule has 0 aromatic heterocycles. The molecule has 0 fully saturated rings. The molecule has 0 bridgehead atoms. The van der Waals surface area contributed by atoms with Crippen LogP contribution in [0.1, 0.15) is 44.5 Å². The molecular formula is C65H46N2. The molecule has 2 heteroatoms. The van der Waals surface area contributed by atoms with E-state index in [9.17, 15) is 0 Å². The maximum absolute atomic E-state index is 2.44. The molecule has 0 saturated heterocycles. The minimum absolute atomic E-state index is 0.453. The van der Waals surface area contributed by atoms with Crippen LogP contribution in [0.2, 0.25) is 0 Å². The predicted octanol–water partition coefficient (Wildman–Crippen LogP) is 17.3. The second-order valence-corrected chi connectivity index (χ2v) is 17.3. The summed E-state index contributed by atoms with van der Waals surface area (Å²) in [4.78, 5) is 4.60. The molecule has 0 heterocycles. The van der Waals surface area contributed by atoms with Gasteiger partial charge in [-0.15, -0.1) is 0 Å². The van der Waals surface area contributed by atoms with E-state index in [1.165, 1.54) is 55.6 Å². The van der Waals surface area contributed by atoms with Crippen LogP contribution in [0.3, 0.4) is 0 Å². The van der Waals surface area contributed by atoms with Gasteiger partial charge in [-0.25, -0.2) is 0 Å². The van der Waals surface area contributed by atoms with E-state index >= 15 is 0 Å². The number of fused-ring (bicyclic) bond motifs is 10. The second kappa shape index (κ2) is 17.0.